The molecule has 3 unspecified atom stereocenters. The molecule has 12 heteroatoms. The maximum Gasteiger partial charge on any atom is 0.308 e. The summed E-state index contributed by atoms with van der Waals surface area (Å²) in [4.78, 5) is 13.4. The first kappa shape index (κ1) is 46.7. The molecule has 9 nitrogen and oxygen atoms in total. The van der Waals surface area contributed by atoms with E-state index in [1.807, 2.05) is 30.3 Å². The molecule has 3 saturated heterocycles. The molecule has 1 aromatic rings. The highest BCUT2D eigenvalue weighted by atomic mass is 28.4. The van der Waals surface area contributed by atoms with Crippen LogP contribution in [0.4, 0.5) is 0 Å². The Balaban J connectivity index is 1.48. The quantitative estimate of drug-likeness (QED) is 0.121. The summed E-state index contributed by atoms with van der Waals surface area (Å²) in [6.07, 6.45) is 2.69. The van der Waals surface area contributed by atoms with Gasteiger partial charge in [0.05, 0.1) is 49.7 Å². The molecular weight excluding hydrogens is 743 g/mol. The summed E-state index contributed by atoms with van der Waals surface area (Å²) in [6.45, 7) is 32.8. The first-order valence-corrected chi connectivity index (χ1v) is 29.8. The average molecular weight is 822 g/mol. The number of benzene rings is 1. The van der Waals surface area contributed by atoms with E-state index in [-0.39, 0.29) is 65.4 Å². The van der Waals surface area contributed by atoms with E-state index in [0.717, 1.165) is 43.0 Å². The average Bonchev–Trinajstić information content (AvgIpc) is 3.51. The molecule has 0 radical (unpaired) electrons. The molecule has 3 aliphatic rings. The summed E-state index contributed by atoms with van der Waals surface area (Å²) in [7, 11) is -6.05. The van der Waals surface area contributed by atoms with Gasteiger partial charge in [0.15, 0.2) is 30.7 Å². The Bertz CT molecular complexity index is 1360. The van der Waals surface area contributed by atoms with E-state index in [1.165, 1.54) is 0 Å². The van der Waals surface area contributed by atoms with Crippen LogP contribution >= 0.6 is 0 Å². The summed E-state index contributed by atoms with van der Waals surface area (Å²) in [5.74, 6) is -1.04. The lowest BCUT2D eigenvalue weighted by molar-refractivity contribution is -0.345. The normalized spacial score (nSPS) is 30.0. The molecule has 55 heavy (non-hydrogen) atoms. The molecule has 0 saturated carbocycles. The Labute approximate surface area is 338 Å². The zero-order valence-corrected chi connectivity index (χ0v) is 40.1. The van der Waals surface area contributed by atoms with Gasteiger partial charge in [0.1, 0.15) is 6.61 Å². The van der Waals surface area contributed by atoms with Crippen molar-refractivity contribution in [2.45, 2.75) is 217 Å². The first-order chi connectivity index (χ1) is 25.5. The fourth-order valence-electron chi connectivity index (χ4n) is 8.07. The van der Waals surface area contributed by atoms with Crippen molar-refractivity contribution in [3.8, 4) is 0 Å². The molecular formula is C43H79NO8Si3. The van der Waals surface area contributed by atoms with E-state index < -0.39 is 42.9 Å². The zero-order chi connectivity index (χ0) is 41.0. The summed E-state index contributed by atoms with van der Waals surface area (Å²) in [5, 5.41) is 0.236. The molecule has 316 valence electrons. The molecule has 0 aliphatic carbocycles. The third-order valence-electron chi connectivity index (χ3n) is 13.9. The second-order valence-corrected chi connectivity index (χ2v) is 34.3. The monoisotopic (exact) mass is 822 g/mol. The van der Waals surface area contributed by atoms with Crippen molar-refractivity contribution >= 4 is 30.9 Å². The highest BCUT2D eigenvalue weighted by Gasteiger charge is 2.57. The zero-order valence-electron chi connectivity index (χ0n) is 37.1. The Morgan fingerprint density at radius 1 is 0.927 bits per heavy atom. The van der Waals surface area contributed by atoms with Gasteiger partial charge in [-0.2, -0.15) is 0 Å². The molecule has 3 aliphatic heterocycles. The van der Waals surface area contributed by atoms with Crippen molar-refractivity contribution in [3.63, 3.8) is 0 Å². The van der Waals surface area contributed by atoms with Crippen LogP contribution in [-0.4, -0.2) is 86.0 Å². The number of rotatable bonds is 17. The molecule has 0 amide bonds. The van der Waals surface area contributed by atoms with Crippen LogP contribution in [0.1, 0.15) is 113 Å². The Kier molecular flexibility index (Phi) is 15.8. The fourth-order valence-corrected chi connectivity index (χ4v) is 13.4. The molecule has 0 aromatic heterocycles. The number of hydrogen-bond acceptors (Lipinski definition) is 9. The van der Waals surface area contributed by atoms with Gasteiger partial charge >= 0.3 is 5.97 Å². The topological polar surface area (TPSA) is 108 Å². The standard InChI is InChI=1S/C43H79NO8Si3/c1-15-55(16-2,17-3)52-40-35(44)28-43(50-37(40)26-38(45)46-29-32-21-19-18-20-22-32)27-31(4)39-36(49-43)25-33(48-39)23-24-34(51-54(13,14)42(8,9)10)30-47-53(11,12)41(5,6)7/h18-22,31,33-37,39-40H,15-17,23-30,44H2,1-14H3/t31-,33+,34+,35-,36?,37-,39?,40?,43+/m0/s1. The van der Waals surface area contributed by atoms with Crippen LogP contribution < -0.4 is 5.73 Å². The lowest BCUT2D eigenvalue weighted by atomic mass is 9.82. The van der Waals surface area contributed by atoms with Crippen molar-refractivity contribution in [2.75, 3.05) is 6.61 Å². The maximum atomic E-state index is 13.4. The number of nitrogens with two attached hydrogens (primary N) is 1. The van der Waals surface area contributed by atoms with Crippen LogP contribution in [0.3, 0.4) is 0 Å². The molecule has 2 N–H and O–H groups in total. The molecule has 1 spiro atoms. The second-order valence-electron chi connectivity index (χ2n) is 20.1. The molecule has 1 aromatic carbocycles. The molecule has 4 rings (SSSR count). The summed E-state index contributed by atoms with van der Waals surface area (Å²) in [5.41, 5.74) is 8.03. The molecule has 3 fully saturated rings. The van der Waals surface area contributed by atoms with E-state index in [2.05, 4.69) is 95.4 Å². The lowest BCUT2D eigenvalue weighted by Crippen LogP contribution is -2.65. The van der Waals surface area contributed by atoms with Gasteiger partial charge in [-0.25, -0.2) is 0 Å². The summed E-state index contributed by atoms with van der Waals surface area (Å²) >= 11 is 0. The minimum atomic E-state index is -2.07. The Morgan fingerprint density at radius 2 is 1.55 bits per heavy atom. The number of ether oxygens (including phenoxy) is 4. The van der Waals surface area contributed by atoms with E-state index >= 15 is 0 Å². The van der Waals surface area contributed by atoms with Crippen LogP contribution in [0.2, 0.25) is 54.4 Å². The SMILES string of the molecule is CC[Si](CC)(CC)OC1[C@H](CC(=O)OCc2ccccc2)O[C@]2(C[C@H](C)C3O[C@H](CC[C@H](CO[Si](C)(C)C(C)(C)C)O[Si](C)(C)C(C)(C)C)CC3O2)C[C@@H]1N. The van der Waals surface area contributed by atoms with Gasteiger partial charge in [0.2, 0.25) is 0 Å². The highest BCUT2D eigenvalue weighted by molar-refractivity contribution is 6.75. The lowest BCUT2D eigenvalue weighted by Gasteiger charge is -2.53. The minimum absolute atomic E-state index is 0.00924. The van der Waals surface area contributed by atoms with E-state index in [9.17, 15) is 4.79 Å². The third kappa shape index (κ3) is 11.8. The predicted octanol–water partition coefficient (Wildman–Crippen LogP) is 10.1. The number of fused-ring (bicyclic) bond motifs is 1. The van der Waals surface area contributed by atoms with Gasteiger partial charge in [-0.3, -0.25) is 4.79 Å². The number of esters is 1. The van der Waals surface area contributed by atoms with Gasteiger partial charge in [-0.15, -0.1) is 0 Å². The third-order valence-corrected chi connectivity index (χ3v) is 27.6. The van der Waals surface area contributed by atoms with Crippen LogP contribution in [0.15, 0.2) is 30.3 Å². The van der Waals surface area contributed by atoms with Gasteiger partial charge in [0.25, 0.3) is 0 Å². The number of carbonyl (C=O) groups excluding carboxylic acids is 1. The van der Waals surface area contributed by atoms with Crippen LogP contribution in [0, 0.1) is 5.92 Å². The van der Waals surface area contributed by atoms with Gasteiger partial charge < -0.3 is 38.0 Å². The van der Waals surface area contributed by atoms with E-state index in [0.29, 0.717) is 19.4 Å². The first-order valence-electron chi connectivity index (χ1n) is 21.4. The van der Waals surface area contributed by atoms with Crippen molar-refractivity contribution < 1.29 is 37.0 Å². The van der Waals surface area contributed by atoms with Crippen molar-refractivity contribution in [1.82, 2.24) is 0 Å². The number of carbonyl (C=O) groups is 1. The van der Waals surface area contributed by atoms with Crippen LogP contribution in [0.5, 0.6) is 0 Å². The molecule has 9 atom stereocenters. The minimum Gasteiger partial charge on any atom is -0.461 e. The number of hydrogen-bond donors (Lipinski definition) is 1. The Morgan fingerprint density at radius 3 is 2.13 bits per heavy atom. The van der Waals surface area contributed by atoms with Gasteiger partial charge in [-0.05, 0) is 78.7 Å². The van der Waals surface area contributed by atoms with Crippen LogP contribution in [0.25, 0.3) is 0 Å². The largest absolute Gasteiger partial charge is 0.461 e. The Hall–Kier alpha value is -0.939. The van der Waals surface area contributed by atoms with Crippen molar-refractivity contribution in [3.05, 3.63) is 35.9 Å². The molecule has 0 bridgehead atoms. The summed E-state index contributed by atoms with van der Waals surface area (Å²) in [6, 6.07) is 12.4. The molecule has 3 heterocycles. The predicted molar refractivity (Wildman–Crippen MR) is 230 cm³/mol. The van der Waals surface area contributed by atoms with Gasteiger partial charge in [-0.1, -0.05) is 99.6 Å². The highest BCUT2D eigenvalue weighted by Crippen LogP contribution is 2.48. The fraction of sp³-hybridized carbons (Fsp3) is 0.837. The smallest absolute Gasteiger partial charge is 0.308 e. The maximum absolute atomic E-state index is 13.4. The van der Waals surface area contributed by atoms with Crippen molar-refractivity contribution in [2.24, 2.45) is 11.7 Å². The second kappa shape index (κ2) is 18.5. The van der Waals surface area contributed by atoms with Crippen LogP contribution in [-0.2, 0) is 43.6 Å². The van der Waals surface area contributed by atoms with Crippen molar-refractivity contribution in [1.29, 1.82) is 0 Å². The summed E-state index contributed by atoms with van der Waals surface area (Å²) < 4.78 is 47.4. The van der Waals surface area contributed by atoms with E-state index in [1.54, 1.807) is 0 Å². The van der Waals surface area contributed by atoms with E-state index in [4.69, 9.17) is 38.0 Å². The van der Waals surface area contributed by atoms with Gasteiger partial charge in [0, 0.05) is 25.3 Å².